The Morgan fingerprint density at radius 1 is 0.971 bits per heavy atom. The SMILES string of the molecule is CN(Cc1ccccc1)S(=O)(=O)c1ccc(C(=O)Nc2nc3c(s2)CCc2ccccc2-3)cc1. The fourth-order valence-electron chi connectivity index (χ4n) is 4.06. The highest BCUT2D eigenvalue weighted by Crippen LogP contribution is 2.38. The van der Waals surface area contributed by atoms with Gasteiger partial charge in [-0.1, -0.05) is 54.6 Å². The molecule has 0 spiro atoms. The molecule has 4 aromatic rings. The highest BCUT2D eigenvalue weighted by molar-refractivity contribution is 7.89. The van der Waals surface area contributed by atoms with Crippen molar-refractivity contribution in [3.8, 4) is 11.3 Å². The number of hydrogen-bond acceptors (Lipinski definition) is 5. The summed E-state index contributed by atoms with van der Waals surface area (Å²) in [6.45, 7) is 0.267. The summed E-state index contributed by atoms with van der Waals surface area (Å²) in [4.78, 5) is 18.8. The van der Waals surface area contributed by atoms with Gasteiger partial charge in [0.2, 0.25) is 10.0 Å². The molecule has 1 aromatic heterocycles. The number of nitrogens with zero attached hydrogens (tertiary/aromatic N) is 2. The maximum atomic E-state index is 12.9. The van der Waals surface area contributed by atoms with Crippen molar-refractivity contribution >= 4 is 32.4 Å². The van der Waals surface area contributed by atoms with Crippen molar-refractivity contribution in [1.29, 1.82) is 0 Å². The number of rotatable bonds is 6. The number of benzene rings is 3. The lowest BCUT2D eigenvalue weighted by atomic mass is 9.94. The Bertz CT molecular complexity index is 1450. The lowest BCUT2D eigenvalue weighted by molar-refractivity contribution is 0.102. The number of sulfonamides is 1. The van der Waals surface area contributed by atoms with Crippen molar-refractivity contribution in [2.45, 2.75) is 24.3 Å². The van der Waals surface area contributed by atoms with Crippen LogP contribution in [0.1, 0.15) is 26.4 Å². The second-order valence-electron chi connectivity index (χ2n) is 8.17. The zero-order chi connectivity index (χ0) is 23.7. The van der Waals surface area contributed by atoms with E-state index in [2.05, 4.69) is 22.4 Å². The van der Waals surface area contributed by atoms with Crippen LogP contribution in [0.5, 0.6) is 0 Å². The number of carbonyl (C=O) groups is 1. The van der Waals surface area contributed by atoms with Crippen LogP contribution in [-0.2, 0) is 29.4 Å². The number of aryl methyl sites for hydroxylation is 2. The summed E-state index contributed by atoms with van der Waals surface area (Å²) in [6, 6.07) is 23.6. The fraction of sp³-hybridized carbons (Fsp3) is 0.154. The first-order valence-corrected chi connectivity index (χ1v) is 13.2. The molecule has 1 amide bonds. The van der Waals surface area contributed by atoms with Gasteiger partial charge in [0.05, 0.1) is 10.6 Å². The van der Waals surface area contributed by atoms with Crippen LogP contribution in [0.4, 0.5) is 5.13 Å². The maximum Gasteiger partial charge on any atom is 0.257 e. The van der Waals surface area contributed by atoms with Gasteiger partial charge in [0.15, 0.2) is 5.13 Å². The number of thiazole rings is 1. The monoisotopic (exact) mass is 489 g/mol. The topological polar surface area (TPSA) is 79.4 Å². The Kier molecular flexibility index (Phi) is 6.03. The van der Waals surface area contributed by atoms with Gasteiger partial charge in [-0.15, -0.1) is 11.3 Å². The number of carbonyl (C=O) groups excluding carboxylic acids is 1. The number of nitrogens with one attached hydrogen (secondary N) is 1. The van der Waals surface area contributed by atoms with Crippen molar-refractivity contribution in [2.75, 3.05) is 12.4 Å². The van der Waals surface area contributed by atoms with E-state index in [4.69, 9.17) is 0 Å². The molecule has 1 aliphatic rings. The third-order valence-electron chi connectivity index (χ3n) is 5.88. The molecule has 1 aliphatic carbocycles. The molecule has 6 nitrogen and oxygen atoms in total. The number of amides is 1. The highest BCUT2D eigenvalue weighted by Gasteiger charge is 2.23. The van der Waals surface area contributed by atoms with Crippen LogP contribution >= 0.6 is 11.3 Å². The average Bonchev–Trinajstić information content (AvgIpc) is 3.27. The summed E-state index contributed by atoms with van der Waals surface area (Å²) in [5.74, 6) is -0.319. The molecule has 0 bridgehead atoms. The van der Waals surface area contributed by atoms with E-state index in [1.54, 1.807) is 7.05 Å². The minimum absolute atomic E-state index is 0.142. The van der Waals surface area contributed by atoms with Gasteiger partial charge in [0.25, 0.3) is 5.91 Å². The van der Waals surface area contributed by atoms with Crippen LogP contribution < -0.4 is 5.32 Å². The van der Waals surface area contributed by atoms with Gasteiger partial charge in [0, 0.05) is 29.6 Å². The summed E-state index contributed by atoms with van der Waals surface area (Å²) in [5, 5.41) is 3.42. The molecule has 1 N–H and O–H groups in total. The molecule has 0 saturated heterocycles. The molecule has 0 unspecified atom stereocenters. The van der Waals surface area contributed by atoms with Gasteiger partial charge in [-0.25, -0.2) is 13.4 Å². The molecule has 172 valence electrons. The van der Waals surface area contributed by atoms with E-state index in [0.717, 1.165) is 34.5 Å². The predicted octanol–water partition coefficient (Wildman–Crippen LogP) is 4.98. The lowest BCUT2D eigenvalue weighted by Gasteiger charge is -2.17. The van der Waals surface area contributed by atoms with Gasteiger partial charge in [-0.3, -0.25) is 10.1 Å². The highest BCUT2D eigenvalue weighted by atomic mass is 32.2. The molecular formula is C26H23N3O3S2. The minimum Gasteiger partial charge on any atom is -0.298 e. The Balaban J connectivity index is 1.30. The smallest absolute Gasteiger partial charge is 0.257 e. The van der Waals surface area contributed by atoms with Crippen LogP contribution in [0, 0.1) is 0 Å². The van der Waals surface area contributed by atoms with E-state index in [9.17, 15) is 13.2 Å². The molecule has 5 rings (SSSR count). The average molecular weight is 490 g/mol. The molecule has 34 heavy (non-hydrogen) atoms. The molecule has 3 aromatic carbocycles. The quantitative estimate of drug-likeness (QED) is 0.414. The molecule has 0 radical (unpaired) electrons. The molecule has 8 heteroatoms. The van der Waals surface area contributed by atoms with Crippen molar-refractivity contribution < 1.29 is 13.2 Å². The first-order valence-electron chi connectivity index (χ1n) is 10.9. The lowest BCUT2D eigenvalue weighted by Crippen LogP contribution is -2.26. The first-order chi connectivity index (χ1) is 16.4. The van der Waals surface area contributed by atoms with Gasteiger partial charge in [-0.05, 0) is 48.2 Å². The molecule has 0 aliphatic heterocycles. The van der Waals surface area contributed by atoms with Crippen LogP contribution in [-0.4, -0.2) is 30.7 Å². The van der Waals surface area contributed by atoms with Crippen LogP contribution in [0.25, 0.3) is 11.3 Å². The standard InChI is InChI=1S/C26H23N3O3S2/c1-29(17-18-7-3-2-4-8-18)34(31,32)21-14-11-20(12-15-21)25(30)28-26-27-24-22-10-6-5-9-19(22)13-16-23(24)33-26/h2-12,14-15H,13,16-17H2,1H3,(H,27,28,30). The second kappa shape index (κ2) is 9.13. The summed E-state index contributed by atoms with van der Waals surface area (Å²) >= 11 is 1.49. The first kappa shape index (κ1) is 22.5. The Morgan fingerprint density at radius 2 is 1.68 bits per heavy atom. The van der Waals surface area contributed by atoms with Crippen LogP contribution in [0.3, 0.4) is 0 Å². The van der Waals surface area contributed by atoms with E-state index in [1.807, 2.05) is 42.5 Å². The van der Waals surface area contributed by atoms with Crippen molar-refractivity contribution in [3.63, 3.8) is 0 Å². The normalized spacial score (nSPS) is 12.8. The second-order valence-corrected chi connectivity index (χ2v) is 11.3. The molecule has 0 atom stereocenters. The zero-order valence-corrected chi connectivity index (χ0v) is 20.2. The van der Waals surface area contributed by atoms with Gasteiger partial charge in [-0.2, -0.15) is 4.31 Å². The Morgan fingerprint density at radius 3 is 2.44 bits per heavy atom. The number of aromatic nitrogens is 1. The largest absolute Gasteiger partial charge is 0.298 e. The number of anilines is 1. The third kappa shape index (κ3) is 4.40. The van der Waals surface area contributed by atoms with E-state index in [0.29, 0.717) is 10.7 Å². The Hall–Kier alpha value is -3.33. The molecule has 0 saturated carbocycles. The van der Waals surface area contributed by atoms with Crippen LogP contribution in [0.15, 0.2) is 83.8 Å². The molecule has 0 fully saturated rings. The zero-order valence-electron chi connectivity index (χ0n) is 18.6. The van der Waals surface area contributed by atoms with Crippen molar-refractivity contribution in [3.05, 3.63) is 100 Å². The number of hydrogen-bond donors (Lipinski definition) is 1. The van der Waals surface area contributed by atoms with Gasteiger partial charge in [0.1, 0.15) is 0 Å². The van der Waals surface area contributed by atoms with Crippen molar-refractivity contribution in [1.82, 2.24) is 9.29 Å². The van der Waals surface area contributed by atoms with E-state index < -0.39 is 10.0 Å². The third-order valence-corrected chi connectivity index (χ3v) is 8.73. The van der Waals surface area contributed by atoms with Gasteiger partial charge < -0.3 is 0 Å². The molecule has 1 heterocycles. The fourth-order valence-corrected chi connectivity index (χ4v) is 6.19. The minimum atomic E-state index is -3.68. The van der Waals surface area contributed by atoms with Crippen molar-refractivity contribution in [2.24, 2.45) is 0 Å². The van der Waals surface area contributed by atoms with Crippen LogP contribution in [0.2, 0.25) is 0 Å². The maximum absolute atomic E-state index is 12.9. The predicted molar refractivity (Wildman–Crippen MR) is 134 cm³/mol. The Labute approximate surface area is 203 Å². The number of fused-ring (bicyclic) bond motifs is 3. The summed E-state index contributed by atoms with van der Waals surface area (Å²) in [7, 11) is -2.13. The summed E-state index contributed by atoms with van der Waals surface area (Å²) < 4.78 is 27.2. The summed E-state index contributed by atoms with van der Waals surface area (Å²) in [5.41, 5.74) is 4.60. The van der Waals surface area contributed by atoms with Gasteiger partial charge >= 0.3 is 0 Å². The molecular weight excluding hydrogens is 466 g/mol. The van der Waals surface area contributed by atoms with E-state index in [-0.39, 0.29) is 17.3 Å². The van der Waals surface area contributed by atoms with E-state index in [1.165, 1.54) is 45.5 Å². The summed E-state index contributed by atoms with van der Waals surface area (Å²) in [6.07, 6.45) is 1.87. The van der Waals surface area contributed by atoms with E-state index >= 15 is 0 Å².